The van der Waals surface area contributed by atoms with Gasteiger partial charge in [-0.25, -0.2) is 9.97 Å². The number of nitrogens with zero attached hydrogens (tertiary/aromatic N) is 9. The van der Waals surface area contributed by atoms with Gasteiger partial charge in [0.05, 0.1) is 17.0 Å². The van der Waals surface area contributed by atoms with Crippen molar-refractivity contribution in [3.8, 4) is 5.75 Å². The Morgan fingerprint density at radius 2 is 1.77 bits per heavy atom. The molecule has 0 spiro atoms. The molecule has 2 N–H and O–H groups in total. The van der Waals surface area contributed by atoms with Crippen molar-refractivity contribution in [2.45, 2.75) is 45.8 Å². The van der Waals surface area contributed by atoms with Gasteiger partial charge in [0.15, 0.2) is 11.4 Å². The van der Waals surface area contributed by atoms with E-state index in [1.54, 1.807) is 30.5 Å². The molecule has 2 amide bonds. The molecule has 2 aliphatic rings. The first-order chi connectivity index (χ1) is 22.3. The molecule has 6 rings (SSSR count). The van der Waals surface area contributed by atoms with Crippen LogP contribution < -0.4 is 20.7 Å². The number of rotatable bonds is 7. The van der Waals surface area contributed by atoms with Gasteiger partial charge in [0.1, 0.15) is 18.6 Å². The number of aromatic nitrogens is 6. The minimum atomic E-state index is -4.48. The Labute approximate surface area is 266 Å². The zero-order valence-electron chi connectivity index (χ0n) is 26.2. The predicted molar refractivity (Wildman–Crippen MR) is 165 cm³/mol. The Balaban J connectivity index is 1.32. The number of fused-ring (bicyclic) bond motifs is 2. The van der Waals surface area contributed by atoms with E-state index in [-0.39, 0.29) is 73.6 Å². The maximum absolute atomic E-state index is 14.0. The van der Waals surface area contributed by atoms with Crippen LogP contribution in [0.2, 0.25) is 0 Å². The lowest BCUT2D eigenvalue weighted by atomic mass is 9.83. The number of halogens is 3. The van der Waals surface area contributed by atoms with Crippen LogP contribution in [-0.4, -0.2) is 91.2 Å². The Bertz CT molecular complexity index is 1960. The van der Waals surface area contributed by atoms with Gasteiger partial charge in [-0.05, 0) is 49.4 Å². The van der Waals surface area contributed by atoms with Gasteiger partial charge in [-0.2, -0.15) is 22.7 Å². The number of hydrogen-bond donors (Lipinski definition) is 2. The van der Waals surface area contributed by atoms with E-state index in [2.05, 4.69) is 25.4 Å². The molecule has 1 aliphatic carbocycles. The fourth-order valence-electron chi connectivity index (χ4n) is 6.07. The van der Waals surface area contributed by atoms with Gasteiger partial charge >= 0.3 is 6.18 Å². The first-order valence-electron chi connectivity index (χ1n) is 15.1. The van der Waals surface area contributed by atoms with Gasteiger partial charge in [0.2, 0.25) is 17.6 Å². The molecule has 4 aromatic rings. The van der Waals surface area contributed by atoms with E-state index in [0.717, 1.165) is 10.6 Å². The summed E-state index contributed by atoms with van der Waals surface area (Å²) in [5.41, 5.74) is 0.832. The lowest BCUT2D eigenvalue weighted by Crippen LogP contribution is -2.51. The van der Waals surface area contributed by atoms with Crippen LogP contribution in [0.4, 0.5) is 30.5 Å². The summed E-state index contributed by atoms with van der Waals surface area (Å²) in [6.45, 7) is 4.10. The van der Waals surface area contributed by atoms with Gasteiger partial charge in [0.25, 0.3) is 11.5 Å². The van der Waals surface area contributed by atoms with Gasteiger partial charge in [-0.3, -0.25) is 14.4 Å². The number of aryl methyl sites for hydroxylation is 1. The van der Waals surface area contributed by atoms with Crippen LogP contribution in [0.15, 0.2) is 23.3 Å². The fraction of sp³-hybridized carbons (Fsp3) is 0.433. The van der Waals surface area contributed by atoms with Crippen LogP contribution in [0.3, 0.4) is 0 Å². The van der Waals surface area contributed by atoms with Gasteiger partial charge < -0.3 is 29.7 Å². The molecule has 0 unspecified atom stereocenters. The molecule has 0 bridgehead atoms. The molecule has 1 saturated heterocycles. The first-order valence-corrected chi connectivity index (χ1v) is 15.1. The van der Waals surface area contributed by atoms with Crippen LogP contribution in [0.5, 0.6) is 5.75 Å². The van der Waals surface area contributed by atoms with Crippen molar-refractivity contribution >= 4 is 34.9 Å². The van der Waals surface area contributed by atoms with Gasteiger partial charge in [0, 0.05) is 46.0 Å². The topological polar surface area (TPSA) is 154 Å². The second kappa shape index (κ2) is 11.9. The van der Waals surface area contributed by atoms with E-state index in [1.807, 2.05) is 11.8 Å². The summed E-state index contributed by atoms with van der Waals surface area (Å²) >= 11 is 0. The smallest absolute Gasteiger partial charge is 0.416 e. The summed E-state index contributed by atoms with van der Waals surface area (Å²) in [6.07, 6.45) is -2.23. The number of piperazine rings is 1. The number of nitrogens with one attached hydrogen (secondary N) is 1. The molecule has 248 valence electrons. The van der Waals surface area contributed by atoms with E-state index in [0.29, 0.717) is 35.5 Å². The highest BCUT2D eigenvalue weighted by molar-refractivity contribution is 5.95. The molecule has 1 aromatic carbocycles. The number of benzene rings is 1. The van der Waals surface area contributed by atoms with Crippen LogP contribution >= 0.6 is 0 Å². The van der Waals surface area contributed by atoms with Gasteiger partial charge in [-0.15, -0.1) is 5.10 Å². The molecule has 1 aliphatic heterocycles. The molecule has 0 atom stereocenters. The monoisotopic (exact) mass is 654 g/mol. The molecule has 0 saturated carbocycles. The van der Waals surface area contributed by atoms with Gasteiger partial charge in [-0.1, -0.05) is 6.92 Å². The average molecular weight is 655 g/mol. The lowest BCUT2D eigenvalue weighted by Gasteiger charge is -2.36. The number of hydrogen-bond acceptors (Lipinski definition) is 10. The van der Waals surface area contributed by atoms with Crippen molar-refractivity contribution in [3.05, 3.63) is 62.6 Å². The van der Waals surface area contributed by atoms with E-state index in [4.69, 9.17) is 0 Å². The minimum Gasteiger partial charge on any atom is -0.504 e. The molecule has 14 nitrogen and oxygen atoms in total. The van der Waals surface area contributed by atoms with Crippen LogP contribution in [0.25, 0.3) is 5.78 Å². The molecule has 4 heterocycles. The van der Waals surface area contributed by atoms with Crippen molar-refractivity contribution in [2.75, 3.05) is 55.4 Å². The maximum atomic E-state index is 14.0. The maximum Gasteiger partial charge on any atom is 0.416 e. The molecular formula is C30H33F3N10O4. The normalized spacial score (nSPS) is 14.6. The van der Waals surface area contributed by atoms with Crippen molar-refractivity contribution in [3.63, 3.8) is 0 Å². The quantitative estimate of drug-likeness (QED) is 0.303. The fourth-order valence-corrected chi connectivity index (χ4v) is 6.07. The SMILES string of the molecule is CCc1c(N2CCN(C(=O)c3ncnc(C)c3O)CC2)c(=O)n2nc(N(C)C)nc2n1CC(=O)Nc1ccc(C(F)(F)F)c2c1CC2. The highest BCUT2D eigenvalue weighted by Gasteiger charge is 2.37. The average Bonchev–Trinajstić information content (AvgIpc) is 3.46. The second-order valence-electron chi connectivity index (χ2n) is 11.7. The summed E-state index contributed by atoms with van der Waals surface area (Å²) in [4.78, 5) is 58.0. The molecule has 3 aromatic heterocycles. The summed E-state index contributed by atoms with van der Waals surface area (Å²) in [5.74, 6) is -0.866. The van der Waals surface area contributed by atoms with Crippen molar-refractivity contribution < 1.29 is 27.9 Å². The predicted octanol–water partition coefficient (Wildman–Crippen LogP) is 2.04. The van der Waals surface area contributed by atoms with Crippen molar-refractivity contribution in [1.29, 1.82) is 0 Å². The molecule has 0 radical (unpaired) electrons. The van der Waals surface area contributed by atoms with Crippen LogP contribution in [0, 0.1) is 6.92 Å². The third-order valence-electron chi connectivity index (χ3n) is 8.58. The summed E-state index contributed by atoms with van der Waals surface area (Å²) in [7, 11) is 3.43. The first kappa shape index (κ1) is 31.7. The number of carbonyl (C=O) groups is 2. The Morgan fingerprint density at radius 1 is 1.06 bits per heavy atom. The standard InChI is InChI=1S/C30H33F3N10O4/c1-5-21-24(40-10-12-41(13-11-40)26(46)23-25(45)16(2)34-15-35-23)27(47)43-29(37-28(38-43)39(3)4)42(21)14-22(44)36-20-9-8-19(30(31,32)33)17-6-7-18(17)20/h8-9,15,45H,5-7,10-14H2,1-4H3,(H,36,44). The molecule has 17 heteroatoms. The largest absolute Gasteiger partial charge is 0.504 e. The third kappa shape index (κ3) is 5.59. The Kier molecular flexibility index (Phi) is 8.01. The zero-order valence-corrected chi connectivity index (χ0v) is 26.2. The second-order valence-corrected chi connectivity index (χ2v) is 11.7. The summed E-state index contributed by atoms with van der Waals surface area (Å²) in [6, 6.07) is 2.26. The zero-order chi connectivity index (χ0) is 33.8. The Morgan fingerprint density at radius 3 is 2.38 bits per heavy atom. The number of alkyl halides is 3. The minimum absolute atomic E-state index is 0.100. The summed E-state index contributed by atoms with van der Waals surface area (Å²) in [5, 5.41) is 17.5. The number of aromatic hydroxyl groups is 1. The van der Waals surface area contributed by atoms with Crippen molar-refractivity contribution in [2.24, 2.45) is 0 Å². The number of anilines is 3. The van der Waals surface area contributed by atoms with E-state index < -0.39 is 29.1 Å². The lowest BCUT2D eigenvalue weighted by molar-refractivity contribution is -0.138. The third-order valence-corrected chi connectivity index (χ3v) is 8.58. The highest BCUT2D eigenvalue weighted by Crippen LogP contribution is 2.41. The van der Waals surface area contributed by atoms with E-state index >= 15 is 0 Å². The molecule has 1 fully saturated rings. The van der Waals surface area contributed by atoms with E-state index in [9.17, 15) is 32.7 Å². The number of amides is 2. The Hall–Kier alpha value is -5.22. The molecule has 47 heavy (non-hydrogen) atoms. The van der Waals surface area contributed by atoms with E-state index in [1.165, 1.54) is 17.3 Å². The van der Waals surface area contributed by atoms with Crippen LogP contribution in [-0.2, 0) is 36.8 Å². The van der Waals surface area contributed by atoms with Crippen molar-refractivity contribution in [1.82, 2.24) is 34.0 Å². The highest BCUT2D eigenvalue weighted by atomic mass is 19.4. The van der Waals surface area contributed by atoms with Crippen LogP contribution in [0.1, 0.15) is 45.5 Å². The molecular weight excluding hydrogens is 621 g/mol. The summed E-state index contributed by atoms with van der Waals surface area (Å²) < 4.78 is 43.1. The number of carbonyl (C=O) groups excluding carboxylic acids is 2.